The number of aromatic amines is 1. The van der Waals surface area contributed by atoms with Crippen LogP contribution in [0.1, 0.15) is 92.8 Å². The van der Waals surface area contributed by atoms with Crippen LogP contribution >= 0.6 is 0 Å². The SMILES string of the molecule is Cc1cnc(C(=O)Cc2ccc(C3(O)C[C@@]4(C)O[C@@](C)(C3)[C@H](O)[C@@H]4O)cc2C2=CCC(C)(C)CC2)[nH]1. The summed E-state index contributed by atoms with van der Waals surface area (Å²) in [6.45, 7) is 9.90. The quantitative estimate of drug-likeness (QED) is 0.467. The maximum atomic E-state index is 13.0. The van der Waals surface area contributed by atoms with Crippen LogP contribution < -0.4 is 0 Å². The molecule has 194 valence electrons. The fourth-order valence-corrected chi connectivity index (χ4v) is 6.48. The predicted octanol–water partition coefficient (Wildman–Crippen LogP) is 3.99. The van der Waals surface area contributed by atoms with Gasteiger partial charge in [0, 0.05) is 31.2 Å². The van der Waals surface area contributed by atoms with E-state index in [1.54, 1.807) is 20.0 Å². The average Bonchev–Trinajstić information content (AvgIpc) is 3.28. The Bertz CT molecular complexity index is 1210. The molecule has 7 heteroatoms. The van der Waals surface area contributed by atoms with Crippen molar-refractivity contribution in [2.24, 2.45) is 5.41 Å². The number of rotatable bonds is 5. The van der Waals surface area contributed by atoms with Crippen molar-refractivity contribution < 1.29 is 24.9 Å². The van der Waals surface area contributed by atoms with Crippen molar-refractivity contribution in [3.8, 4) is 0 Å². The molecule has 2 aromatic rings. The molecule has 3 heterocycles. The van der Waals surface area contributed by atoms with Crippen LogP contribution in [0, 0.1) is 12.3 Å². The second-order valence-corrected chi connectivity index (χ2v) is 12.5. The van der Waals surface area contributed by atoms with Gasteiger partial charge in [-0.3, -0.25) is 4.79 Å². The highest BCUT2D eigenvalue weighted by atomic mass is 16.6. The van der Waals surface area contributed by atoms with Crippen LogP contribution in [0.5, 0.6) is 0 Å². The van der Waals surface area contributed by atoms with Crippen LogP contribution in [0.15, 0.2) is 30.5 Å². The van der Waals surface area contributed by atoms with E-state index in [2.05, 4.69) is 29.9 Å². The Morgan fingerprint density at radius 1 is 1.14 bits per heavy atom. The molecule has 1 unspecified atom stereocenters. The zero-order valence-electron chi connectivity index (χ0n) is 21.9. The van der Waals surface area contributed by atoms with Crippen molar-refractivity contribution in [1.82, 2.24) is 9.97 Å². The number of aromatic nitrogens is 2. The number of aryl methyl sites for hydroxylation is 1. The fourth-order valence-electron chi connectivity index (χ4n) is 6.48. The first-order chi connectivity index (χ1) is 16.7. The first-order valence-corrected chi connectivity index (χ1v) is 12.9. The lowest BCUT2D eigenvalue weighted by molar-refractivity contribution is -0.215. The molecule has 1 aliphatic carbocycles. The summed E-state index contributed by atoms with van der Waals surface area (Å²) in [7, 11) is 0. The van der Waals surface area contributed by atoms with E-state index in [-0.39, 0.29) is 30.5 Å². The Balaban J connectivity index is 1.54. The van der Waals surface area contributed by atoms with Crippen molar-refractivity contribution in [3.05, 3.63) is 58.7 Å². The number of aliphatic hydroxyl groups is 3. The van der Waals surface area contributed by atoms with Gasteiger partial charge in [0.1, 0.15) is 12.2 Å². The normalized spacial score (nSPS) is 35.5. The molecule has 1 aromatic heterocycles. The van der Waals surface area contributed by atoms with Crippen LogP contribution in [0.2, 0.25) is 0 Å². The van der Waals surface area contributed by atoms with Gasteiger partial charge in [-0.15, -0.1) is 0 Å². The van der Waals surface area contributed by atoms with Crippen LogP contribution in [0.3, 0.4) is 0 Å². The van der Waals surface area contributed by atoms with Crippen LogP contribution in [-0.4, -0.2) is 54.5 Å². The van der Waals surface area contributed by atoms with Gasteiger partial charge in [0.05, 0.1) is 16.8 Å². The van der Waals surface area contributed by atoms with Gasteiger partial charge in [0.25, 0.3) is 0 Å². The Morgan fingerprint density at radius 2 is 1.81 bits per heavy atom. The minimum absolute atomic E-state index is 0.0806. The Labute approximate surface area is 212 Å². The molecule has 2 aliphatic heterocycles. The number of Topliss-reactive ketones (excluding diaryl/α,β-unsaturated/α-hetero) is 1. The summed E-state index contributed by atoms with van der Waals surface area (Å²) in [6, 6.07) is 5.82. The summed E-state index contributed by atoms with van der Waals surface area (Å²) in [6.07, 6.45) is 5.20. The molecule has 0 spiro atoms. The number of nitrogens with one attached hydrogen (secondary N) is 1. The number of aliphatic hydroxyl groups excluding tert-OH is 2. The van der Waals surface area contributed by atoms with E-state index >= 15 is 0 Å². The van der Waals surface area contributed by atoms with Gasteiger partial charge >= 0.3 is 0 Å². The average molecular weight is 495 g/mol. The number of H-pyrrole nitrogens is 1. The third-order valence-corrected chi connectivity index (χ3v) is 8.59. The lowest BCUT2D eigenvalue weighted by atomic mass is 9.73. The first kappa shape index (κ1) is 25.3. The predicted molar refractivity (Wildman–Crippen MR) is 136 cm³/mol. The molecule has 1 aromatic carbocycles. The molecule has 0 amide bonds. The third-order valence-electron chi connectivity index (χ3n) is 8.59. The molecule has 3 aliphatic rings. The van der Waals surface area contributed by atoms with Crippen molar-refractivity contribution >= 4 is 11.4 Å². The number of fused-ring (bicyclic) bond motifs is 2. The van der Waals surface area contributed by atoms with E-state index in [9.17, 15) is 20.1 Å². The number of carbonyl (C=O) groups excluding carboxylic acids is 1. The van der Waals surface area contributed by atoms with Gasteiger partial charge in [-0.1, -0.05) is 32.1 Å². The molecule has 5 rings (SSSR count). The second-order valence-electron chi connectivity index (χ2n) is 12.5. The van der Waals surface area contributed by atoms with Crippen molar-refractivity contribution in [3.63, 3.8) is 0 Å². The Kier molecular flexibility index (Phi) is 5.87. The number of hydrogen-bond acceptors (Lipinski definition) is 6. The first-order valence-electron chi connectivity index (χ1n) is 12.9. The number of allylic oxidation sites excluding steroid dienone is 2. The third kappa shape index (κ3) is 4.26. The highest BCUT2D eigenvalue weighted by molar-refractivity contribution is 5.95. The molecule has 4 N–H and O–H groups in total. The van der Waals surface area contributed by atoms with Crippen molar-refractivity contribution in [2.75, 3.05) is 0 Å². The summed E-state index contributed by atoms with van der Waals surface area (Å²) >= 11 is 0. The number of benzene rings is 1. The number of carbonyl (C=O) groups is 1. The van der Waals surface area contributed by atoms with Gasteiger partial charge in [0.2, 0.25) is 5.78 Å². The number of ketones is 1. The van der Waals surface area contributed by atoms with E-state index < -0.39 is 29.0 Å². The summed E-state index contributed by atoms with van der Waals surface area (Å²) in [5.41, 5.74) is 1.46. The van der Waals surface area contributed by atoms with E-state index in [1.165, 1.54) is 5.57 Å². The lowest BCUT2D eigenvalue weighted by Gasteiger charge is -2.46. The molecule has 7 nitrogen and oxygen atoms in total. The van der Waals surface area contributed by atoms with Crippen LogP contribution in [0.4, 0.5) is 0 Å². The molecular formula is C29H38N2O5. The lowest BCUT2D eigenvalue weighted by Crippen LogP contribution is -2.51. The fraction of sp³-hybridized carbons (Fsp3) is 0.586. The Morgan fingerprint density at radius 3 is 2.36 bits per heavy atom. The number of nitrogens with zero attached hydrogens (tertiary/aromatic N) is 1. The van der Waals surface area contributed by atoms with Crippen molar-refractivity contribution in [1.29, 1.82) is 0 Å². The Hall–Kier alpha value is -2.32. The summed E-state index contributed by atoms with van der Waals surface area (Å²) in [5.74, 6) is 0.271. The van der Waals surface area contributed by atoms with Crippen LogP contribution in [0.25, 0.3) is 5.57 Å². The zero-order chi connectivity index (χ0) is 26.1. The molecule has 2 saturated heterocycles. The summed E-state index contributed by atoms with van der Waals surface area (Å²) in [5, 5.41) is 33.3. The molecule has 0 saturated carbocycles. The minimum atomic E-state index is -1.29. The molecular weight excluding hydrogens is 456 g/mol. The zero-order valence-corrected chi connectivity index (χ0v) is 21.9. The maximum Gasteiger partial charge on any atom is 0.202 e. The van der Waals surface area contributed by atoms with Crippen LogP contribution in [-0.2, 0) is 16.8 Å². The number of hydrogen-bond donors (Lipinski definition) is 4. The van der Waals surface area contributed by atoms with E-state index in [0.29, 0.717) is 5.82 Å². The summed E-state index contributed by atoms with van der Waals surface area (Å²) < 4.78 is 6.08. The largest absolute Gasteiger partial charge is 0.387 e. The van der Waals surface area contributed by atoms with E-state index in [0.717, 1.165) is 41.6 Å². The summed E-state index contributed by atoms with van der Waals surface area (Å²) in [4.78, 5) is 20.3. The van der Waals surface area contributed by atoms with E-state index in [1.807, 2.05) is 25.1 Å². The van der Waals surface area contributed by atoms with Gasteiger partial charge in [0.15, 0.2) is 5.82 Å². The molecule has 2 bridgehead atoms. The highest BCUT2D eigenvalue weighted by Gasteiger charge is 2.65. The molecule has 0 radical (unpaired) electrons. The molecule has 36 heavy (non-hydrogen) atoms. The standard InChI is InChI=1S/C29H38N2O5/c1-17-14-30-25(31-17)22(32)12-19-6-7-20(13-21(19)18-8-10-26(2,3)11-9-18)29(35)15-27(4)23(33)24(34)28(5,16-29)36-27/h6-8,13-14,23-24,33-35H,9-12,15-16H2,1-5H3,(H,30,31)/t23-,24+,27+,28-,29?. The van der Waals surface area contributed by atoms with Gasteiger partial charge in [-0.05, 0) is 73.8 Å². The topological polar surface area (TPSA) is 116 Å². The minimum Gasteiger partial charge on any atom is -0.387 e. The number of ether oxygens (including phenoxy) is 1. The molecule has 2 fully saturated rings. The monoisotopic (exact) mass is 494 g/mol. The highest BCUT2D eigenvalue weighted by Crippen LogP contribution is 2.55. The van der Waals surface area contributed by atoms with E-state index in [4.69, 9.17) is 4.74 Å². The van der Waals surface area contributed by atoms with Gasteiger partial charge in [-0.2, -0.15) is 0 Å². The van der Waals surface area contributed by atoms with Gasteiger partial charge in [-0.25, -0.2) is 4.98 Å². The molecule has 5 atom stereocenters. The van der Waals surface area contributed by atoms with Crippen molar-refractivity contribution in [2.45, 2.75) is 102 Å². The smallest absolute Gasteiger partial charge is 0.202 e. The number of imidazole rings is 1. The second kappa shape index (κ2) is 8.35. The maximum absolute atomic E-state index is 13.0. The van der Waals surface area contributed by atoms with Gasteiger partial charge < -0.3 is 25.0 Å².